The number of carboxylic acids is 1. The lowest BCUT2D eigenvalue weighted by Crippen LogP contribution is -2.30. The Labute approximate surface area is 125 Å². The molecule has 1 aromatic heterocycles. The van der Waals surface area contributed by atoms with Crippen LogP contribution in [0.3, 0.4) is 0 Å². The molecule has 0 saturated carbocycles. The molecule has 114 valence electrons. The predicted molar refractivity (Wildman–Crippen MR) is 75.2 cm³/mol. The zero-order chi connectivity index (χ0) is 15.7. The van der Waals surface area contributed by atoms with Gasteiger partial charge in [-0.05, 0) is 30.7 Å². The minimum atomic E-state index is -0.888. The van der Waals surface area contributed by atoms with E-state index in [0.29, 0.717) is 18.7 Å². The number of benzene rings is 1. The van der Waals surface area contributed by atoms with Gasteiger partial charge in [0, 0.05) is 19.3 Å². The highest BCUT2D eigenvalue weighted by atomic mass is 19.1. The monoisotopic (exact) mass is 303 g/mol. The average molecular weight is 303 g/mol. The Bertz CT molecular complexity index is 728. The van der Waals surface area contributed by atoms with E-state index in [0.717, 1.165) is 0 Å². The number of rotatable bonds is 3. The molecule has 1 aliphatic rings. The molecule has 0 radical (unpaired) electrons. The number of carbonyl (C=O) groups excluding carboxylic acids is 1. The van der Waals surface area contributed by atoms with E-state index in [4.69, 9.17) is 5.11 Å². The molecular weight excluding hydrogens is 289 g/mol. The predicted octanol–water partition coefficient (Wildman–Crippen LogP) is 1.56. The molecule has 6 nitrogen and oxygen atoms in total. The van der Waals surface area contributed by atoms with Crippen LogP contribution in [0, 0.1) is 11.7 Å². The number of nitrogens with zero attached hydrogens (tertiary/aromatic N) is 3. The largest absolute Gasteiger partial charge is 0.481 e. The van der Waals surface area contributed by atoms with Crippen LogP contribution in [-0.2, 0) is 4.79 Å². The first-order chi connectivity index (χ1) is 10.5. The molecule has 1 aliphatic heterocycles. The first kappa shape index (κ1) is 14.2. The van der Waals surface area contributed by atoms with Crippen molar-refractivity contribution in [1.82, 2.24) is 14.7 Å². The van der Waals surface area contributed by atoms with Gasteiger partial charge < -0.3 is 10.0 Å². The van der Waals surface area contributed by atoms with Crippen LogP contribution in [0.2, 0.25) is 0 Å². The van der Waals surface area contributed by atoms with Crippen molar-refractivity contribution >= 4 is 11.9 Å². The lowest BCUT2D eigenvalue weighted by atomic mass is 10.1. The van der Waals surface area contributed by atoms with Crippen LogP contribution in [0.4, 0.5) is 4.39 Å². The van der Waals surface area contributed by atoms with Crippen LogP contribution in [0.1, 0.15) is 16.9 Å². The second kappa shape index (κ2) is 5.59. The molecule has 0 aliphatic carbocycles. The first-order valence-electron chi connectivity index (χ1n) is 6.88. The number of hydrogen-bond donors (Lipinski definition) is 1. The molecule has 0 unspecified atom stereocenters. The molecule has 1 saturated heterocycles. The first-order valence-corrected chi connectivity index (χ1v) is 6.88. The fraction of sp³-hybridized carbons (Fsp3) is 0.267. The van der Waals surface area contributed by atoms with Gasteiger partial charge in [-0.25, -0.2) is 9.07 Å². The maximum atomic E-state index is 13.2. The Kier molecular flexibility index (Phi) is 3.62. The van der Waals surface area contributed by atoms with E-state index in [1.165, 1.54) is 21.7 Å². The Hall–Kier alpha value is -2.70. The summed E-state index contributed by atoms with van der Waals surface area (Å²) in [5.41, 5.74) is 0.735. The summed E-state index contributed by atoms with van der Waals surface area (Å²) in [6.45, 7) is 0.601. The highest BCUT2D eigenvalue weighted by Gasteiger charge is 2.32. The summed E-state index contributed by atoms with van der Waals surface area (Å²) in [6, 6.07) is 7.43. The number of aromatic nitrogens is 2. The van der Waals surface area contributed by atoms with Crippen molar-refractivity contribution in [2.75, 3.05) is 13.1 Å². The van der Waals surface area contributed by atoms with E-state index in [-0.39, 0.29) is 24.0 Å². The molecule has 22 heavy (non-hydrogen) atoms. The third-order valence-electron chi connectivity index (χ3n) is 3.71. The smallest absolute Gasteiger partial charge is 0.308 e. The van der Waals surface area contributed by atoms with Gasteiger partial charge in [-0.3, -0.25) is 9.59 Å². The summed E-state index contributed by atoms with van der Waals surface area (Å²) in [7, 11) is 0. The highest BCUT2D eigenvalue weighted by molar-refractivity contribution is 5.93. The van der Waals surface area contributed by atoms with Gasteiger partial charge in [-0.2, -0.15) is 5.10 Å². The zero-order valence-corrected chi connectivity index (χ0v) is 11.6. The van der Waals surface area contributed by atoms with Gasteiger partial charge in [0.15, 0.2) is 5.69 Å². The van der Waals surface area contributed by atoms with Crippen molar-refractivity contribution in [3.8, 4) is 5.69 Å². The maximum absolute atomic E-state index is 13.2. The van der Waals surface area contributed by atoms with E-state index in [9.17, 15) is 14.0 Å². The van der Waals surface area contributed by atoms with E-state index in [1.54, 1.807) is 24.4 Å². The second-order valence-electron chi connectivity index (χ2n) is 5.20. The number of carboxylic acid groups (broad SMARTS) is 1. The molecule has 7 heteroatoms. The summed E-state index contributed by atoms with van der Waals surface area (Å²) < 4.78 is 14.6. The molecule has 2 heterocycles. The summed E-state index contributed by atoms with van der Waals surface area (Å²) >= 11 is 0. The maximum Gasteiger partial charge on any atom is 0.308 e. The summed E-state index contributed by atoms with van der Waals surface area (Å²) in [6.07, 6.45) is 2.03. The molecule has 2 aromatic rings. The molecule has 1 amide bonds. The molecule has 0 spiro atoms. The van der Waals surface area contributed by atoms with Crippen LogP contribution in [0.25, 0.3) is 5.69 Å². The minimum Gasteiger partial charge on any atom is -0.481 e. The van der Waals surface area contributed by atoms with Gasteiger partial charge in [0.25, 0.3) is 5.91 Å². The normalized spacial score (nSPS) is 17.7. The van der Waals surface area contributed by atoms with Crippen molar-refractivity contribution in [3.05, 3.63) is 48.0 Å². The molecule has 1 aromatic carbocycles. The average Bonchev–Trinajstić information content (AvgIpc) is 3.16. The number of halogens is 1. The third kappa shape index (κ3) is 2.69. The van der Waals surface area contributed by atoms with Gasteiger partial charge in [0.1, 0.15) is 5.82 Å². The van der Waals surface area contributed by atoms with E-state index in [1.807, 2.05) is 0 Å². The van der Waals surface area contributed by atoms with E-state index >= 15 is 0 Å². The molecule has 1 atom stereocenters. The number of amides is 1. The number of likely N-dealkylation sites (tertiary alicyclic amines) is 1. The molecular formula is C15H14FN3O3. The Morgan fingerprint density at radius 1 is 1.32 bits per heavy atom. The molecule has 3 rings (SSSR count). The van der Waals surface area contributed by atoms with Gasteiger partial charge >= 0.3 is 5.97 Å². The van der Waals surface area contributed by atoms with Crippen LogP contribution in [-0.4, -0.2) is 44.8 Å². The summed E-state index contributed by atoms with van der Waals surface area (Å²) in [4.78, 5) is 24.7. The van der Waals surface area contributed by atoms with Gasteiger partial charge in [-0.15, -0.1) is 0 Å². The third-order valence-corrected chi connectivity index (χ3v) is 3.71. The van der Waals surface area contributed by atoms with Crippen molar-refractivity contribution in [2.24, 2.45) is 5.92 Å². The Balaban J connectivity index is 1.77. The van der Waals surface area contributed by atoms with E-state index < -0.39 is 11.9 Å². The molecule has 1 fully saturated rings. The van der Waals surface area contributed by atoms with Crippen LogP contribution in [0.5, 0.6) is 0 Å². The van der Waals surface area contributed by atoms with E-state index in [2.05, 4.69) is 5.10 Å². The molecule has 0 bridgehead atoms. The Morgan fingerprint density at radius 3 is 2.82 bits per heavy atom. The molecule has 1 N–H and O–H groups in total. The van der Waals surface area contributed by atoms with Gasteiger partial charge in [0.05, 0.1) is 11.6 Å². The standard InChI is InChI=1S/C15H14FN3O3/c16-11-2-1-3-12(8-11)19-7-5-13(17-19)14(20)18-6-4-10(9-18)15(21)22/h1-3,5,7-8,10H,4,6,9H2,(H,21,22)/t10-/m1/s1. The fourth-order valence-corrected chi connectivity index (χ4v) is 2.51. The second-order valence-corrected chi connectivity index (χ2v) is 5.20. The topological polar surface area (TPSA) is 75.4 Å². The van der Waals surface area contributed by atoms with Crippen LogP contribution in [0.15, 0.2) is 36.5 Å². The number of aliphatic carboxylic acids is 1. The van der Waals surface area contributed by atoms with Crippen molar-refractivity contribution in [3.63, 3.8) is 0 Å². The Morgan fingerprint density at radius 2 is 2.14 bits per heavy atom. The summed E-state index contributed by atoms with van der Waals surface area (Å²) in [5, 5.41) is 13.1. The van der Waals surface area contributed by atoms with Crippen molar-refractivity contribution in [1.29, 1.82) is 0 Å². The van der Waals surface area contributed by atoms with Crippen molar-refractivity contribution in [2.45, 2.75) is 6.42 Å². The summed E-state index contributed by atoms with van der Waals surface area (Å²) in [5.74, 6) is -2.10. The SMILES string of the molecule is O=C(O)[C@@H]1CCN(C(=O)c2ccn(-c3cccc(F)c3)n2)C1. The van der Waals surface area contributed by atoms with Gasteiger partial charge in [-0.1, -0.05) is 6.07 Å². The van der Waals surface area contributed by atoms with Crippen LogP contribution >= 0.6 is 0 Å². The minimum absolute atomic E-state index is 0.195. The lowest BCUT2D eigenvalue weighted by Gasteiger charge is -2.13. The lowest BCUT2D eigenvalue weighted by molar-refractivity contribution is -0.141. The van der Waals surface area contributed by atoms with Crippen molar-refractivity contribution < 1.29 is 19.1 Å². The number of carbonyl (C=O) groups is 2. The highest BCUT2D eigenvalue weighted by Crippen LogP contribution is 2.19. The fourth-order valence-electron chi connectivity index (χ4n) is 2.51. The van der Waals surface area contributed by atoms with Gasteiger partial charge in [0.2, 0.25) is 0 Å². The number of hydrogen-bond acceptors (Lipinski definition) is 3. The zero-order valence-electron chi connectivity index (χ0n) is 11.6. The van der Waals surface area contributed by atoms with Crippen LogP contribution < -0.4 is 0 Å². The quantitative estimate of drug-likeness (QED) is 0.933.